The normalized spacial score (nSPS) is 9.80. The van der Waals surface area contributed by atoms with Crippen LogP contribution >= 0.6 is 0 Å². The van der Waals surface area contributed by atoms with E-state index in [4.69, 9.17) is 4.74 Å². The third kappa shape index (κ3) is 1.77. The molecule has 0 saturated heterocycles. The van der Waals surface area contributed by atoms with Crippen LogP contribution in [0.4, 0.5) is 0 Å². The number of hydrogen-bond donors (Lipinski definition) is 0. The van der Waals surface area contributed by atoms with Gasteiger partial charge in [0.15, 0.2) is 5.82 Å². The Morgan fingerprint density at radius 1 is 1.40 bits per heavy atom. The summed E-state index contributed by atoms with van der Waals surface area (Å²) in [5, 5.41) is 0. The van der Waals surface area contributed by atoms with Crippen molar-refractivity contribution in [2.45, 2.75) is 13.5 Å². The SMILES string of the molecule is COCc1ncc(C)cn1. The highest BCUT2D eigenvalue weighted by Crippen LogP contribution is 1.93. The van der Waals surface area contributed by atoms with Crippen LogP contribution in [0.2, 0.25) is 0 Å². The van der Waals surface area contributed by atoms with E-state index in [0.29, 0.717) is 6.61 Å². The van der Waals surface area contributed by atoms with Crippen molar-refractivity contribution in [1.29, 1.82) is 0 Å². The Kier molecular flexibility index (Phi) is 2.34. The lowest BCUT2D eigenvalue weighted by atomic mass is 10.4. The average molecular weight is 138 g/mol. The smallest absolute Gasteiger partial charge is 0.153 e. The zero-order valence-electron chi connectivity index (χ0n) is 6.16. The van der Waals surface area contributed by atoms with Gasteiger partial charge in [0.1, 0.15) is 6.61 Å². The maximum atomic E-state index is 4.84. The van der Waals surface area contributed by atoms with E-state index in [0.717, 1.165) is 11.4 Å². The second kappa shape index (κ2) is 3.27. The molecule has 0 spiro atoms. The molecule has 0 aromatic carbocycles. The molecule has 0 aliphatic carbocycles. The summed E-state index contributed by atoms with van der Waals surface area (Å²) in [6, 6.07) is 0. The summed E-state index contributed by atoms with van der Waals surface area (Å²) in [6.07, 6.45) is 3.56. The monoisotopic (exact) mass is 138 g/mol. The number of rotatable bonds is 2. The average Bonchev–Trinajstić information content (AvgIpc) is 1.95. The molecule has 0 unspecified atom stereocenters. The van der Waals surface area contributed by atoms with E-state index < -0.39 is 0 Å². The molecule has 1 rings (SSSR count). The van der Waals surface area contributed by atoms with Gasteiger partial charge in [-0.2, -0.15) is 0 Å². The standard InChI is InChI=1S/C7H10N2O/c1-6-3-8-7(5-10-2)9-4-6/h3-4H,5H2,1-2H3. The Hall–Kier alpha value is -0.960. The number of ether oxygens (including phenoxy) is 1. The molecule has 3 heteroatoms. The third-order valence-electron chi connectivity index (χ3n) is 1.11. The van der Waals surface area contributed by atoms with E-state index in [-0.39, 0.29) is 0 Å². The maximum Gasteiger partial charge on any atom is 0.153 e. The quantitative estimate of drug-likeness (QED) is 0.609. The first-order chi connectivity index (χ1) is 4.83. The third-order valence-corrected chi connectivity index (χ3v) is 1.11. The Morgan fingerprint density at radius 3 is 2.50 bits per heavy atom. The van der Waals surface area contributed by atoms with Gasteiger partial charge in [-0.05, 0) is 12.5 Å². The molecule has 0 fully saturated rings. The molecule has 0 radical (unpaired) electrons. The van der Waals surface area contributed by atoms with Crippen molar-refractivity contribution < 1.29 is 4.74 Å². The van der Waals surface area contributed by atoms with Gasteiger partial charge in [0.25, 0.3) is 0 Å². The van der Waals surface area contributed by atoms with Crippen LogP contribution in [-0.2, 0) is 11.3 Å². The van der Waals surface area contributed by atoms with Gasteiger partial charge in [-0.3, -0.25) is 0 Å². The van der Waals surface area contributed by atoms with E-state index in [2.05, 4.69) is 9.97 Å². The fraction of sp³-hybridized carbons (Fsp3) is 0.429. The minimum atomic E-state index is 0.486. The summed E-state index contributed by atoms with van der Waals surface area (Å²) >= 11 is 0. The molecule has 10 heavy (non-hydrogen) atoms. The Balaban J connectivity index is 2.69. The van der Waals surface area contributed by atoms with E-state index in [9.17, 15) is 0 Å². The minimum absolute atomic E-state index is 0.486. The first-order valence-corrected chi connectivity index (χ1v) is 3.09. The Morgan fingerprint density at radius 2 is 2.00 bits per heavy atom. The van der Waals surface area contributed by atoms with Crippen molar-refractivity contribution in [3.8, 4) is 0 Å². The summed E-state index contributed by atoms with van der Waals surface area (Å²) in [7, 11) is 1.63. The van der Waals surface area contributed by atoms with Crippen molar-refractivity contribution in [2.75, 3.05) is 7.11 Å². The summed E-state index contributed by atoms with van der Waals surface area (Å²) in [4.78, 5) is 8.06. The van der Waals surface area contributed by atoms with Crippen LogP contribution in [0.3, 0.4) is 0 Å². The second-order valence-corrected chi connectivity index (χ2v) is 2.11. The molecule has 0 bridgehead atoms. The fourth-order valence-corrected chi connectivity index (χ4v) is 0.623. The summed E-state index contributed by atoms with van der Waals surface area (Å²) in [6.45, 7) is 2.44. The van der Waals surface area contributed by atoms with Gasteiger partial charge in [-0.25, -0.2) is 9.97 Å². The van der Waals surface area contributed by atoms with Gasteiger partial charge >= 0.3 is 0 Å². The molecule has 0 saturated carbocycles. The molecule has 1 aromatic rings. The highest BCUT2D eigenvalue weighted by Gasteiger charge is 1.91. The van der Waals surface area contributed by atoms with E-state index in [1.807, 2.05) is 6.92 Å². The maximum absolute atomic E-state index is 4.84. The molecule has 1 aromatic heterocycles. The van der Waals surface area contributed by atoms with Crippen molar-refractivity contribution >= 4 is 0 Å². The highest BCUT2D eigenvalue weighted by molar-refractivity contribution is 5.01. The number of aromatic nitrogens is 2. The number of methoxy groups -OCH3 is 1. The zero-order chi connectivity index (χ0) is 7.40. The lowest BCUT2D eigenvalue weighted by Crippen LogP contribution is -1.95. The van der Waals surface area contributed by atoms with Gasteiger partial charge in [0.05, 0.1) is 0 Å². The lowest BCUT2D eigenvalue weighted by molar-refractivity contribution is 0.177. The molecule has 3 nitrogen and oxygen atoms in total. The predicted molar refractivity (Wildman–Crippen MR) is 37.5 cm³/mol. The van der Waals surface area contributed by atoms with Crippen LogP contribution in [0.15, 0.2) is 12.4 Å². The Labute approximate surface area is 60.1 Å². The van der Waals surface area contributed by atoms with Crippen molar-refractivity contribution in [3.63, 3.8) is 0 Å². The number of hydrogen-bond acceptors (Lipinski definition) is 3. The molecular formula is C7H10N2O. The van der Waals surface area contributed by atoms with Crippen LogP contribution in [0.5, 0.6) is 0 Å². The van der Waals surface area contributed by atoms with Crippen LogP contribution in [0.1, 0.15) is 11.4 Å². The van der Waals surface area contributed by atoms with Gasteiger partial charge < -0.3 is 4.74 Å². The molecule has 54 valence electrons. The lowest BCUT2D eigenvalue weighted by Gasteiger charge is -1.96. The van der Waals surface area contributed by atoms with E-state index in [1.54, 1.807) is 19.5 Å². The van der Waals surface area contributed by atoms with E-state index in [1.165, 1.54) is 0 Å². The van der Waals surface area contributed by atoms with Crippen molar-refractivity contribution in [2.24, 2.45) is 0 Å². The Bertz CT molecular complexity index is 195. The number of nitrogens with zero attached hydrogens (tertiary/aromatic N) is 2. The predicted octanol–water partition coefficient (Wildman–Crippen LogP) is 0.931. The summed E-state index contributed by atoms with van der Waals surface area (Å²) in [5.74, 6) is 0.730. The molecule has 0 N–H and O–H groups in total. The molecule has 1 heterocycles. The number of aryl methyl sites for hydroxylation is 1. The highest BCUT2D eigenvalue weighted by atomic mass is 16.5. The molecule has 0 aliphatic rings. The molecule has 0 atom stereocenters. The van der Waals surface area contributed by atoms with Gasteiger partial charge in [-0.15, -0.1) is 0 Å². The minimum Gasteiger partial charge on any atom is -0.377 e. The van der Waals surface area contributed by atoms with Crippen LogP contribution in [0.25, 0.3) is 0 Å². The van der Waals surface area contributed by atoms with Crippen molar-refractivity contribution in [1.82, 2.24) is 9.97 Å². The van der Waals surface area contributed by atoms with Crippen LogP contribution < -0.4 is 0 Å². The molecular weight excluding hydrogens is 128 g/mol. The summed E-state index contributed by atoms with van der Waals surface area (Å²) < 4.78 is 4.84. The molecule has 0 aliphatic heterocycles. The largest absolute Gasteiger partial charge is 0.377 e. The first kappa shape index (κ1) is 7.15. The first-order valence-electron chi connectivity index (χ1n) is 3.09. The second-order valence-electron chi connectivity index (χ2n) is 2.11. The van der Waals surface area contributed by atoms with Crippen LogP contribution in [-0.4, -0.2) is 17.1 Å². The molecule has 0 amide bonds. The van der Waals surface area contributed by atoms with Crippen molar-refractivity contribution in [3.05, 3.63) is 23.8 Å². The summed E-state index contributed by atoms with van der Waals surface area (Å²) in [5.41, 5.74) is 1.07. The van der Waals surface area contributed by atoms with Gasteiger partial charge in [0.2, 0.25) is 0 Å². The van der Waals surface area contributed by atoms with Crippen LogP contribution in [0, 0.1) is 6.92 Å². The topological polar surface area (TPSA) is 35.0 Å². The van der Waals surface area contributed by atoms with Gasteiger partial charge in [-0.1, -0.05) is 0 Å². The zero-order valence-corrected chi connectivity index (χ0v) is 6.16. The fourth-order valence-electron chi connectivity index (χ4n) is 0.623. The van der Waals surface area contributed by atoms with Gasteiger partial charge in [0, 0.05) is 19.5 Å². The van der Waals surface area contributed by atoms with E-state index >= 15 is 0 Å².